The van der Waals surface area contributed by atoms with Crippen molar-refractivity contribution in [2.45, 2.75) is 19.4 Å². The standard InChI is InChI=1S/C10H14N4OS/c1-2-8(10-13-5-6-16-10)14-7-9(15)12-4-3-11/h5-6,8,14H,2,4,7H2,1H3,(H,12,15). The van der Waals surface area contributed by atoms with E-state index >= 15 is 0 Å². The Morgan fingerprint density at radius 1 is 1.75 bits per heavy atom. The van der Waals surface area contributed by atoms with E-state index in [9.17, 15) is 4.79 Å². The minimum Gasteiger partial charge on any atom is -0.342 e. The maximum absolute atomic E-state index is 11.3. The van der Waals surface area contributed by atoms with E-state index in [0.29, 0.717) is 0 Å². The van der Waals surface area contributed by atoms with Gasteiger partial charge in [-0.15, -0.1) is 11.3 Å². The van der Waals surface area contributed by atoms with E-state index in [1.165, 1.54) is 0 Å². The van der Waals surface area contributed by atoms with Crippen molar-refractivity contribution in [3.05, 3.63) is 16.6 Å². The molecule has 0 bridgehead atoms. The predicted molar refractivity (Wildman–Crippen MR) is 61.8 cm³/mol. The lowest BCUT2D eigenvalue weighted by molar-refractivity contribution is -0.120. The highest BCUT2D eigenvalue weighted by Crippen LogP contribution is 2.17. The Balaban J connectivity index is 2.35. The Labute approximate surface area is 98.5 Å². The lowest BCUT2D eigenvalue weighted by atomic mass is 10.2. The summed E-state index contributed by atoms with van der Waals surface area (Å²) in [4.78, 5) is 15.4. The van der Waals surface area contributed by atoms with Crippen molar-refractivity contribution >= 4 is 17.2 Å². The first-order chi connectivity index (χ1) is 7.77. The topological polar surface area (TPSA) is 77.8 Å². The van der Waals surface area contributed by atoms with Crippen molar-refractivity contribution in [3.63, 3.8) is 0 Å². The van der Waals surface area contributed by atoms with Gasteiger partial charge in [0.15, 0.2) is 0 Å². The highest BCUT2D eigenvalue weighted by molar-refractivity contribution is 7.09. The zero-order valence-electron chi connectivity index (χ0n) is 9.06. The lowest BCUT2D eigenvalue weighted by Gasteiger charge is -2.13. The van der Waals surface area contributed by atoms with Gasteiger partial charge in [0, 0.05) is 11.6 Å². The van der Waals surface area contributed by atoms with E-state index in [0.717, 1.165) is 11.4 Å². The van der Waals surface area contributed by atoms with Crippen LogP contribution in [0.15, 0.2) is 11.6 Å². The second-order valence-corrected chi connectivity index (χ2v) is 4.07. The third-order valence-corrected chi connectivity index (χ3v) is 2.92. The first kappa shape index (κ1) is 12.6. The molecule has 0 aromatic carbocycles. The van der Waals surface area contributed by atoms with Crippen molar-refractivity contribution < 1.29 is 4.79 Å². The highest BCUT2D eigenvalue weighted by Gasteiger charge is 2.12. The Morgan fingerprint density at radius 3 is 3.12 bits per heavy atom. The van der Waals surface area contributed by atoms with Crippen LogP contribution in [0.3, 0.4) is 0 Å². The number of nitrogens with one attached hydrogen (secondary N) is 2. The predicted octanol–water partition coefficient (Wildman–Crippen LogP) is 0.824. The van der Waals surface area contributed by atoms with E-state index in [1.54, 1.807) is 17.5 Å². The average molecular weight is 238 g/mol. The smallest absolute Gasteiger partial charge is 0.234 e. The number of thiazole rings is 1. The second kappa shape index (κ2) is 6.93. The van der Waals surface area contributed by atoms with Crippen LogP contribution in [0.5, 0.6) is 0 Å². The molecule has 0 saturated heterocycles. The molecular weight excluding hydrogens is 224 g/mol. The first-order valence-corrected chi connectivity index (χ1v) is 5.92. The second-order valence-electron chi connectivity index (χ2n) is 3.15. The van der Waals surface area contributed by atoms with Crippen LogP contribution in [0.2, 0.25) is 0 Å². The molecule has 1 aromatic heterocycles. The molecule has 1 unspecified atom stereocenters. The van der Waals surface area contributed by atoms with Gasteiger partial charge in [-0.1, -0.05) is 6.92 Å². The summed E-state index contributed by atoms with van der Waals surface area (Å²) < 4.78 is 0. The van der Waals surface area contributed by atoms with Crippen LogP contribution in [-0.4, -0.2) is 24.0 Å². The molecule has 1 rings (SSSR count). The van der Waals surface area contributed by atoms with Gasteiger partial charge in [-0.05, 0) is 6.42 Å². The number of rotatable bonds is 6. The summed E-state index contributed by atoms with van der Waals surface area (Å²) in [6, 6.07) is 1.96. The van der Waals surface area contributed by atoms with Crippen LogP contribution in [0.1, 0.15) is 24.4 Å². The van der Waals surface area contributed by atoms with Gasteiger partial charge in [0.1, 0.15) is 11.6 Å². The third kappa shape index (κ3) is 3.96. The van der Waals surface area contributed by atoms with Gasteiger partial charge in [-0.2, -0.15) is 5.26 Å². The molecule has 0 aliphatic rings. The summed E-state index contributed by atoms with van der Waals surface area (Å²) in [6.45, 7) is 2.29. The number of amides is 1. The third-order valence-electron chi connectivity index (χ3n) is 2.03. The minimum absolute atomic E-state index is 0.0502. The summed E-state index contributed by atoms with van der Waals surface area (Å²) in [6.07, 6.45) is 2.62. The number of hydrogen-bond acceptors (Lipinski definition) is 5. The van der Waals surface area contributed by atoms with Gasteiger partial charge in [0.2, 0.25) is 5.91 Å². The zero-order chi connectivity index (χ0) is 11.8. The number of nitriles is 1. The zero-order valence-corrected chi connectivity index (χ0v) is 9.88. The summed E-state index contributed by atoms with van der Waals surface area (Å²) in [5.41, 5.74) is 0. The van der Waals surface area contributed by atoms with E-state index in [-0.39, 0.29) is 25.0 Å². The molecule has 86 valence electrons. The van der Waals surface area contributed by atoms with Crippen LogP contribution < -0.4 is 10.6 Å². The molecule has 0 fully saturated rings. The summed E-state index contributed by atoms with van der Waals surface area (Å²) in [5, 5.41) is 16.8. The van der Waals surface area contributed by atoms with Crippen molar-refractivity contribution in [3.8, 4) is 6.07 Å². The Kier molecular flexibility index (Phi) is 5.46. The van der Waals surface area contributed by atoms with Gasteiger partial charge < -0.3 is 5.32 Å². The maximum atomic E-state index is 11.3. The number of carbonyl (C=O) groups is 1. The van der Waals surface area contributed by atoms with Crippen molar-refractivity contribution in [1.29, 1.82) is 5.26 Å². The molecule has 1 amide bonds. The van der Waals surface area contributed by atoms with Crippen LogP contribution >= 0.6 is 11.3 Å². The van der Waals surface area contributed by atoms with Crippen LogP contribution in [0.4, 0.5) is 0 Å². The van der Waals surface area contributed by atoms with Gasteiger partial charge in [0.05, 0.1) is 18.7 Å². The van der Waals surface area contributed by atoms with Gasteiger partial charge >= 0.3 is 0 Å². The van der Waals surface area contributed by atoms with E-state index < -0.39 is 0 Å². The number of hydrogen-bond donors (Lipinski definition) is 2. The van der Waals surface area contributed by atoms with Crippen molar-refractivity contribution in [2.24, 2.45) is 0 Å². The highest BCUT2D eigenvalue weighted by atomic mass is 32.1. The molecule has 0 aliphatic heterocycles. The Morgan fingerprint density at radius 2 is 2.56 bits per heavy atom. The van der Waals surface area contributed by atoms with Crippen molar-refractivity contribution in [1.82, 2.24) is 15.6 Å². The molecule has 0 saturated carbocycles. The molecular formula is C10H14N4OS. The molecule has 2 N–H and O–H groups in total. The molecule has 1 aromatic rings. The fraction of sp³-hybridized carbons (Fsp3) is 0.500. The van der Waals surface area contributed by atoms with E-state index in [1.807, 2.05) is 18.4 Å². The van der Waals surface area contributed by atoms with Crippen LogP contribution in [0.25, 0.3) is 0 Å². The minimum atomic E-state index is -0.170. The average Bonchev–Trinajstić information content (AvgIpc) is 2.81. The summed E-state index contributed by atoms with van der Waals surface area (Å²) >= 11 is 1.57. The SMILES string of the molecule is CCC(NCC(=O)NCC#N)c1nccs1. The van der Waals surface area contributed by atoms with Crippen LogP contribution in [0, 0.1) is 11.3 Å². The monoisotopic (exact) mass is 238 g/mol. The number of aromatic nitrogens is 1. The quantitative estimate of drug-likeness (QED) is 0.719. The molecule has 16 heavy (non-hydrogen) atoms. The normalized spacial score (nSPS) is 11.8. The van der Waals surface area contributed by atoms with Gasteiger partial charge in [0.25, 0.3) is 0 Å². The van der Waals surface area contributed by atoms with E-state index in [2.05, 4.69) is 15.6 Å². The summed E-state index contributed by atoms with van der Waals surface area (Å²) in [7, 11) is 0. The fourth-order valence-corrected chi connectivity index (χ4v) is 2.03. The first-order valence-electron chi connectivity index (χ1n) is 5.04. The van der Waals surface area contributed by atoms with E-state index in [4.69, 9.17) is 5.26 Å². The number of nitrogens with zero attached hydrogens (tertiary/aromatic N) is 2. The molecule has 5 nitrogen and oxygen atoms in total. The van der Waals surface area contributed by atoms with Crippen molar-refractivity contribution in [2.75, 3.05) is 13.1 Å². The Hall–Kier alpha value is -1.45. The number of carbonyl (C=O) groups excluding carboxylic acids is 1. The lowest BCUT2D eigenvalue weighted by Crippen LogP contribution is -2.35. The molecule has 1 heterocycles. The largest absolute Gasteiger partial charge is 0.342 e. The fourth-order valence-electron chi connectivity index (χ4n) is 1.23. The van der Waals surface area contributed by atoms with Gasteiger partial charge in [-0.3, -0.25) is 10.1 Å². The molecule has 0 radical (unpaired) electrons. The maximum Gasteiger partial charge on any atom is 0.234 e. The molecule has 1 atom stereocenters. The molecule has 6 heteroatoms. The molecule has 0 aliphatic carbocycles. The van der Waals surface area contributed by atoms with Crippen LogP contribution in [-0.2, 0) is 4.79 Å². The Bertz CT molecular complexity index is 357. The summed E-state index contributed by atoms with van der Waals surface area (Å²) in [5.74, 6) is -0.170. The molecule has 0 spiro atoms. The van der Waals surface area contributed by atoms with Gasteiger partial charge in [-0.25, -0.2) is 4.98 Å².